The molecular formula is C11H24BrN. The Hall–Kier alpha value is 0.180. The van der Waals surface area contributed by atoms with Crippen LogP contribution in [-0.4, -0.2) is 24.1 Å². The third kappa shape index (κ3) is 5.48. The minimum Gasteiger partial charge on any atom is -1.00 e. The second kappa shape index (κ2) is 8.76. The van der Waals surface area contributed by atoms with E-state index in [4.69, 9.17) is 0 Å². The summed E-state index contributed by atoms with van der Waals surface area (Å²) in [7, 11) is 0. The largest absolute Gasteiger partial charge is 1.00 e. The van der Waals surface area contributed by atoms with E-state index >= 15 is 0 Å². The number of halogens is 1. The Morgan fingerprint density at radius 3 is 1.69 bits per heavy atom. The first-order valence-electron chi connectivity index (χ1n) is 5.28. The molecule has 0 aromatic heterocycles. The molecule has 0 spiro atoms. The van der Waals surface area contributed by atoms with Crippen molar-refractivity contribution in [2.45, 2.75) is 40.5 Å². The lowest BCUT2D eigenvalue weighted by Crippen LogP contribution is -3.00. The predicted octanol–water partition coefficient (Wildman–Crippen LogP) is 0.181. The number of unbranched alkanes of at least 4 members (excludes halogenated alkanes) is 1. The average Bonchev–Trinajstić information content (AvgIpc) is 2.14. The van der Waals surface area contributed by atoms with Crippen molar-refractivity contribution in [2.24, 2.45) is 0 Å². The Labute approximate surface area is 94.2 Å². The third-order valence-corrected chi connectivity index (χ3v) is 2.77. The molecule has 0 rings (SSSR count). The molecule has 0 bridgehead atoms. The Morgan fingerprint density at radius 2 is 1.38 bits per heavy atom. The summed E-state index contributed by atoms with van der Waals surface area (Å²) in [6.45, 7) is 12.7. The van der Waals surface area contributed by atoms with E-state index in [9.17, 15) is 0 Å². The molecule has 1 nitrogen and oxygen atoms in total. The summed E-state index contributed by atoms with van der Waals surface area (Å²) in [4.78, 5) is 0. The van der Waals surface area contributed by atoms with Gasteiger partial charge in [0, 0.05) is 0 Å². The second-order valence-corrected chi connectivity index (χ2v) is 3.34. The highest BCUT2D eigenvalue weighted by Gasteiger charge is 2.15. The quantitative estimate of drug-likeness (QED) is 0.590. The van der Waals surface area contributed by atoms with Crippen molar-refractivity contribution >= 4 is 0 Å². The highest BCUT2D eigenvalue weighted by atomic mass is 79.9. The molecule has 0 saturated carbocycles. The maximum absolute atomic E-state index is 2.38. The molecule has 0 amide bonds. The lowest BCUT2D eigenvalue weighted by atomic mass is 10.3. The van der Waals surface area contributed by atoms with Gasteiger partial charge in [-0.25, -0.2) is 0 Å². The van der Waals surface area contributed by atoms with Crippen LogP contribution in [0.2, 0.25) is 0 Å². The van der Waals surface area contributed by atoms with Gasteiger partial charge in [-0.15, -0.1) is 0 Å². The van der Waals surface area contributed by atoms with Gasteiger partial charge in [0.25, 0.3) is 0 Å². The molecule has 0 aromatic rings. The molecule has 0 heterocycles. The zero-order chi connectivity index (χ0) is 9.45. The molecule has 0 aliphatic heterocycles. The van der Waals surface area contributed by atoms with E-state index < -0.39 is 0 Å². The first kappa shape index (κ1) is 15.6. The predicted molar refractivity (Wildman–Crippen MR) is 55.9 cm³/mol. The van der Waals surface area contributed by atoms with Crippen LogP contribution in [-0.2, 0) is 0 Å². The summed E-state index contributed by atoms with van der Waals surface area (Å²) in [6, 6.07) is 0. The van der Waals surface area contributed by atoms with Gasteiger partial charge in [0.15, 0.2) is 0 Å². The minimum atomic E-state index is 0. The highest BCUT2D eigenvalue weighted by Crippen LogP contribution is 2.07. The number of allylic oxidation sites excluding steroid dienone is 1. The third-order valence-electron chi connectivity index (χ3n) is 2.77. The Kier molecular flexibility index (Phi) is 10.5. The van der Waals surface area contributed by atoms with Gasteiger partial charge < -0.3 is 17.0 Å². The highest BCUT2D eigenvalue weighted by molar-refractivity contribution is 4.73. The Balaban J connectivity index is 0. The monoisotopic (exact) mass is 249 g/mol. The van der Waals surface area contributed by atoms with Crippen molar-refractivity contribution in [3.63, 3.8) is 0 Å². The van der Waals surface area contributed by atoms with Crippen molar-refractivity contribution in [3.8, 4) is 0 Å². The molecule has 0 aliphatic rings. The van der Waals surface area contributed by atoms with Crippen LogP contribution in [0.4, 0.5) is 0 Å². The first-order valence-corrected chi connectivity index (χ1v) is 5.28. The van der Waals surface area contributed by atoms with Crippen LogP contribution in [0.25, 0.3) is 0 Å². The normalized spacial score (nSPS) is 11.7. The van der Waals surface area contributed by atoms with Gasteiger partial charge in [-0.05, 0) is 33.3 Å². The van der Waals surface area contributed by atoms with E-state index in [0.29, 0.717) is 0 Å². The van der Waals surface area contributed by atoms with Crippen LogP contribution in [0.15, 0.2) is 12.3 Å². The summed E-state index contributed by atoms with van der Waals surface area (Å²) in [5.74, 6) is 0. The molecule has 0 aromatic carbocycles. The van der Waals surface area contributed by atoms with Crippen LogP contribution >= 0.6 is 0 Å². The molecule has 0 fully saturated rings. The summed E-state index contributed by atoms with van der Waals surface area (Å²) >= 11 is 0. The Bertz CT molecular complexity index is 120. The van der Waals surface area contributed by atoms with Crippen LogP contribution in [0, 0.1) is 0 Å². The zero-order valence-electron chi connectivity index (χ0n) is 9.52. The van der Waals surface area contributed by atoms with Crippen LogP contribution in [0.3, 0.4) is 0 Å². The summed E-state index contributed by atoms with van der Waals surface area (Å²) in [5.41, 5.74) is 0. The van der Waals surface area contributed by atoms with Gasteiger partial charge in [-0.2, -0.15) is 0 Å². The molecule has 80 valence electrons. The van der Waals surface area contributed by atoms with Crippen LogP contribution in [0.5, 0.6) is 0 Å². The van der Waals surface area contributed by atoms with E-state index in [2.05, 4.69) is 40.0 Å². The van der Waals surface area contributed by atoms with Crippen molar-refractivity contribution in [3.05, 3.63) is 12.3 Å². The number of rotatable bonds is 6. The van der Waals surface area contributed by atoms with E-state index in [1.54, 1.807) is 0 Å². The minimum absolute atomic E-state index is 0. The van der Waals surface area contributed by atoms with Gasteiger partial charge in [-0.1, -0.05) is 13.3 Å². The number of hydrogen-bond donors (Lipinski definition) is 0. The fourth-order valence-corrected chi connectivity index (χ4v) is 1.45. The smallest absolute Gasteiger partial charge is 0.0917 e. The van der Waals surface area contributed by atoms with Gasteiger partial charge in [0.1, 0.15) is 0 Å². The van der Waals surface area contributed by atoms with E-state index in [1.807, 2.05) is 0 Å². The van der Waals surface area contributed by atoms with Crippen molar-refractivity contribution in [1.29, 1.82) is 0 Å². The van der Waals surface area contributed by atoms with E-state index in [1.165, 1.54) is 32.5 Å². The van der Waals surface area contributed by atoms with Gasteiger partial charge in [0.05, 0.1) is 25.8 Å². The topological polar surface area (TPSA) is 0 Å². The van der Waals surface area contributed by atoms with Crippen LogP contribution < -0.4 is 17.0 Å². The second-order valence-electron chi connectivity index (χ2n) is 3.34. The maximum Gasteiger partial charge on any atom is 0.0917 e. The van der Waals surface area contributed by atoms with Crippen molar-refractivity contribution in [2.75, 3.05) is 19.6 Å². The fourth-order valence-electron chi connectivity index (χ4n) is 1.45. The number of nitrogens with zero attached hydrogens (tertiary/aromatic N) is 1. The Morgan fingerprint density at radius 1 is 0.923 bits per heavy atom. The molecule has 0 aliphatic carbocycles. The fraction of sp³-hybridized carbons (Fsp3) is 0.818. The first-order chi connectivity index (χ1) is 5.74. The van der Waals surface area contributed by atoms with Gasteiger partial charge >= 0.3 is 0 Å². The molecule has 0 radical (unpaired) electrons. The number of quaternary nitrogens is 1. The maximum atomic E-state index is 2.38. The number of hydrogen-bond acceptors (Lipinski definition) is 0. The van der Waals surface area contributed by atoms with Gasteiger partial charge in [0.2, 0.25) is 0 Å². The molecular weight excluding hydrogens is 226 g/mol. The molecule has 0 N–H and O–H groups in total. The summed E-state index contributed by atoms with van der Waals surface area (Å²) in [6.07, 6.45) is 7.19. The van der Waals surface area contributed by atoms with Crippen LogP contribution in [0.1, 0.15) is 40.5 Å². The SMILES string of the molecule is CCCC=C[N+](CC)(CC)CC.[Br-]. The van der Waals surface area contributed by atoms with Crippen molar-refractivity contribution < 1.29 is 21.5 Å². The molecule has 0 unspecified atom stereocenters. The molecule has 0 atom stereocenters. The average molecular weight is 250 g/mol. The zero-order valence-corrected chi connectivity index (χ0v) is 11.1. The van der Waals surface area contributed by atoms with Gasteiger partial charge in [-0.3, -0.25) is 4.48 Å². The molecule has 2 heteroatoms. The lowest BCUT2D eigenvalue weighted by Gasteiger charge is -2.31. The molecule has 13 heavy (non-hydrogen) atoms. The van der Waals surface area contributed by atoms with E-state index in [-0.39, 0.29) is 17.0 Å². The summed E-state index contributed by atoms with van der Waals surface area (Å²) in [5, 5.41) is 0. The van der Waals surface area contributed by atoms with E-state index in [0.717, 1.165) is 4.48 Å². The molecule has 0 saturated heterocycles. The standard InChI is InChI=1S/C11H24N.BrH/c1-5-9-10-11-12(6-2,7-3)8-4;/h10-11H,5-9H2,1-4H3;1H/q+1;/p-1. The lowest BCUT2D eigenvalue weighted by molar-refractivity contribution is -0.874. The van der Waals surface area contributed by atoms with Crippen molar-refractivity contribution in [1.82, 2.24) is 0 Å². The summed E-state index contributed by atoms with van der Waals surface area (Å²) < 4.78 is 1.14.